The predicted molar refractivity (Wildman–Crippen MR) is 133 cm³/mol. The fraction of sp³-hybridized carbons (Fsp3) is 0.346. The Labute approximate surface area is 207 Å². The van der Waals surface area contributed by atoms with Crippen LogP contribution < -0.4 is 10.6 Å². The largest absolute Gasteiger partial charge is 0.339 e. The van der Waals surface area contributed by atoms with Gasteiger partial charge in [-0.25, -0.2) is 9.78 Å². The standard InChI is InChI=1S/C26H27N5O3S/c1-3-26(24(33)29-25(34)30-26)19-7-5-18(6-8-19)23(32)31-12-10-17(11-13-31)22-28-15-21(35-22)20-9-4-16(2)14-27-20/h4-9,14-15,17H,3,10-13H2,1-2H3,(H2,29,30,33,34)/t26-/m1/s1. The Morgan fingerprint density at radius 3 is 2.43 bits per heavy atom. The van der Waals surface area contributed by atoms with Gasteiger partial charge in [-0.15, -0.1) is 11.3 Å². The summed E-state index contributed by atoms with van der Waals surface area (Å²) in [7, 11) is 0. The minimum atomic E-state index is -1.09. The third-order valence-corrected chi connectivity index (χ3v) is 8.10. The molecule has 9 heteroatoms. The predicted octanol–water partition coefficient (Wildman–Crippen LogP) is 3.98. The van der Waals surface area contributed by atoms with Gasteiger partial charge in [-0.3, -0.25) is 19.9 Å². The van der Waals surface area contributed by atoms with Gasteiger partial charge in [0, 0.05) is 37.0 Å². The van der Waals surface area contributed by atoms with Gasteiger partial charge in [-0.05, 0) is 55.5 Å². The average Bonchev–Trinajstić information content (AvgIpc) is 3.49. The number of benzene rings is 1. The number of nitrogens with zero attached hydrogens (tertiary/aromatic N) is 3. The van der Waals surface area contributed by atoms with E-state index in [4.69, 9.17) is 0 Å². The number of likely N-dealkylation sites (tertiary alicyclic amines) is 1. The van der Waals surface area contributed by atoms with Crippen LogP contribution in [-0.2, 0) is 10.3 Å². The molecule has 0 spiro atoms. The maximum atomic E-state index is 13.1. The molecule has 2 aromatic heterocycles. The van der Waals surface area contributed by atoms with Gasteiger partial charge in [0.05, 0.1) is 15.6 Å². The molecule has 2 N–H and O–H groups in total. The number of pyridine rings is 1. The molecule has 0 bridgehead atoms. The van der Waals surface area contributed by atoms with Crippen LogP contribution in [0.2, 0.25) is 0 Å². The second-order valence-electron chi connectivity index (χ2n) is 9.09. The number of rotatable bonds is 5. The quantitative estimate of drug-likeness (QED) is 0.528. The summed E-state index contributed by atoms with van der Waals surface area (Å²) in [6.45, 7) is 5.20. The second kappa shape index (κ2) is 9.22. The molecule has 35 heavy (non-hydrogen) atoms. The summed E-state index contributed by atoms with van der Waals surface area (Å²) in [5.74, 6) is -0.0571. The third kappa shape index (κ3) is 4.32. The highest BCUT2D eigenvalue weighted by Gasteiger charge is 2.46. The molecule has 5 rings (SSSR count). The lowest BCUT2D eigenvalue weighted by Gasteiger charge is -2.31. The van der Waals surface area contributed by atoms with Crippen molar-refractivity contribution in [1.82, 2.24) is 25.5 Å². The number of urea groups is 1. The van der Waals surface area contributed by atoms with E-state index in [1.807, 2.05) is 37.2 Å². The van der Waals surface area contributed by atoms with Crippen molar-refractivity contribution in [3.05, 3.63) is 70.5 Å². The number of carbonyl (C=O) groups is 3. The van der Waals surface area contributed by atoms with Gasteiger partial charge in [0.15, 0.2) is 0 Å². The monoisotopic (exact) mass is 489 g/mol. The van der Waals surface area contributed by atoms with Gasteiger partial charge < -0.3 is 10.2 Å². The highest BCUT2D eigenvalue weighted by atomic mass is 32.1. The van der Waals surface area contributed by atoms with E-state index in [-0.39, 0.29) is 11.8 Å². The molecule has 2 saturated heterocycles. The van der Waals surface area contributed by atoms with Gasteiger partial charge in [0.2, 0.25) is 0 Å². The van der Waals surface area contributed by atoms with Crippen molar-refractivity contribution in [2.24, 2.45) is 0 Å². The zero-order valence-corrected chi connectivity index (χ0v) is 20.5. The Balaban J connectivity index is 1.22. The first-order chi connectivity index (χ1) is 16.9. The number of carbonyl (C=O) groups excluding carboxylic acids is 3. The number of aromatic nitrogens is 2. The number of amides is 4. The maximum Gasteiger partial charge on any atom is 0.322 e. The van der Waals surface area contributed by atoms with Crippen LogP contribution >= 0.6 is 11.3 Å². The molecule has 0 saturated carbocycles. The van der Waals surface area contributed by atoms with Gasteiger partial charge in [-0.1, -0.05) is 25.1 Å². The molecule has 8 nitrogen and oxygen atoms in total. The molecule has 180 valence electrons. The van der Waals surface area contributed by atoms with E-state index < -0.39 is 11.6 Å². The number of aryl methyl sites for hydroxylation is 1. The molecule has 2 aliphatic heterocycles. The highest BCUT2D eigenvalue weighted by molar-refractivity contribution is 7.15. The summed E-state index contributed by atoms with van der Waals surface area (Å²) in [5.41, 5.74) is 2.23. The minimum Gasteiger partial charge on any atom is -0.339 e. The molecule has 4 amide bonds. The summed E-state index contributed by atoms with van der Waals surface area (Å²) < 4.78 is 0. The van der Waals surface area contributed by atoms with Crippen molar-refractivity contribution in [3.8, 4) is 10.6 Å². The van der Waals surface area contributed by atoms with Crippen molar-refractivity contribution in [1.29, 1.82) is 0 Å². The second-order valence-corrected chi connectivity index (χ2v) is 10.2. The van der Waals surface area contributed by atoms with Crippen molar-refractivity contribution >= 4 is 29.2 Å². The molecule has 0 radical (unpaired) electrons. The van der Waals surface area contributed by atoms with Gasteiger partial charge >= 0.3 is 6.03 Å². The van der Waals surface area contributed by atoms with Crippen LogP contribution in [-0.4, -0.2) is 45.8 Å². The summed E-state index contributed by atoms with van der Waals surface area (Å²) in [4.78, 5) is 49.3. The van der Waals surface area contributed by atoms with Crippen molar-refractivity contribution in [3.63, 3.8) is 0 Å². The van der Waals surface area contributed by atoms with Crippen LogP contribution in [0.5, 0.6) is 0 Å². The van der Waals surface area contributed by atoms with Gasteiger partial charge in [-0.2, -0.15) is 0 Å². The number of hydrogen-bond donors (Lipinski definition) is 2. The normalized spacial score (nSPS) is 20.6. The Morgan fingerprint density at radius 1 is 1.09 bits per heavy atom. The topological polar surface area (TPSA) is 104 Å². The van der Waals surface area contributed by atoms with E-state index in [1.54, 1.807) is 35.6 Å². The molecular weight excluding hydrogens is 462 g/mol. The first-order valence-corrected chi connectivity index (χ1v) is 12.6. The van der Waals surface area contributed by atoms with Gasteiger partial charge in [0.25, 0.3) is 11.8 Å². The maximum absolute atomic E-state index is 13.1. The number of hydrogen-bond acceptors (Lipinski definition) is 6. The molecule has 1 atom stereocenters. The summed E-state index contributed by atoms with van der Waals surface area (Å²) in [6, 6.07) is 10.6. The van der Waals surface area contributed by atoms with E-state index in [0.717, 1.165) is 34.0 Å². The lowest BCUT2D eigenvalue weighted by atomic mass is 9.87. The molecule has 3 aromatic rings. The van der Waals surface area contributed by atoms with Crippen LogP contribution in [0.25, 0.3) is 10.6 Å². The molecule has 0 aliphatic carbocycles. The highest BCUT2D eigenvalue weighted by Crippen LogP contribution is 2.35. The summed E-state index contributed by atoms with van der Waals surface area (Å²) >= 11 is 1.68. The minimum absolute atomic E-state index is 0.0239. The van der Waals surface area contributed by atoms with E-state index in [9.17, 15) is 14.4 Å². The first kappa shape index (κ1) is 23.2. The Bertz CT molecular complexity index is 1260. The van der Waals surface area contributed by atoms with Gasteiger partial charge in [0.1, 0.15) is 5.54 Å². The fourth-order valence-corrected chi connectivity index (χ4v) is 5.83. The smallest absolute Gasteiger partial charge is 0.322 e. The van der Waals surface area contributed by atoms with Crippen molar-refractivity contribution < 1.29 is 14.4 Å². The number of piperidine rings is 1. The molecular formula is C26H27N5O3S. The lowest BCUT2D eigenvalue weighted by Crippen LogP contribution is -2.43. The zero-order chi connectivity index (χ0) is 24.6. The molecule has 0 unspecified atom stereocenters. The van der Waals surface area contributed by atoms with Crippen molar-refractivity contribution in [2.75, 3.05) is 13.1 Å². The molecule has 4 heterocycles. The summed E-state index contributed by atoms with van der Waals surface area (Å²) in [6.07, 6.45) is 5.91. The molecule has 1 aromatic carbocycles. The van der Waals surface area contributed by atoms with Crippen LogP contribution in [0.15, 0.2) is 48.8 Å². The lowest BCUT2D eigenvalue weighted by molar-refractivity contribution is -0.124. The third-order valence-electron chi connectivity index (χ3n) is 6.92. The van der Waals surface area contributed by atoms with Crippen LogP contribution in [0.3, 0.4) is 0 Å². The Kier molecular flexibility index (Phi) is 6.10. The Hall–Kier alpha value is -3.59. The number of thiazole rings is 1. The molecule has 2 aliphatic rings. The Morgan fingerprint density at radius 2 is 1.83 bits per heavy atom. The van der Waals surface area contributed by atoms with E-state index in [2.05, 4.69) is 26.7 Å². The van der Waals surface area contributed by atoms with E-state index in [1.165, 1.54) is 0 Å². The number of nitrogens with one attached hydrogen (secondary N) is 2. The fourth-order valence-electron chi connectivity index (χ4n) is 4.77. The summed E-state index contributed by atoms with van der Waals surface area (Å²) in [5, 5.41) is 6.13. The SMILES string of the molecule is CC[C@]1(c2ccc(C(=O)N3CCC(c4ncc(-c5ccc(C)cn5)s4)CC3)cc2)NC(=O)NC1=O. The van der Waals surface area contributed by atoms with E-state index in [0.29, 0.717) is 36.6 Å². The van der Waals surface area contributed by atoms with Crippen LogP contribution in [0.4, 0.5) is 4.79 Å². The zero-order valence-electron chi connectivity index (χ0n) is 19.7. The van der Waals surface area contributed by atoms with Crippen LogP contribution in [0, 0.1) is 6.92 Å². The van der Waals surface area contributed by atoms with Crippen molar-refractivity contribution in [2.45, 2.75) is 44.6 Å². The molecule has 2 fully saturated rings. The number of imide groups is 1. The first-order valence-electron chi connectivity index (χ1n) is 11.8. The van der Waals surface area contributed by atoms with E-state index >= 15 is 0 Å². The average molecular weight is 490 g/mol. The van der Waals surface area contributed by atoms with Crippen LogP contribution in [0.1, 0.15) is 58.6 Å².